The Labute approximate surface area is 158 Å². The van der Waals surface area contributed by atoms with Crippen molar-refractivity contribution in [2.45, 2.75) is 20.4 Å². The second-order valence-electron chi connectivity index (χ2n) is 6.87. The molecule has 1 amide bonds. The molecular formula is C19H26ClN3OS+2. The van der Waals surface area contributed by atoms with Gasteiger partial charge in [0, 0.05) is 5.69 Å². The number of anilines is 1. The fraction of sp³-hybridized carbons (Fsp3) is 0.421. The first-order valence-electron chi connectivity index (χ1n) is 8.78. The molecule has 0 atom stereocenters. The summed E-state index contributed by atoms with van der Waals surface area (Å²) >= 11 is 7.68. The van der Waals surface area contributed by atoms with Gasteiger partial charge in [0.1, 0.15) is 32.7 Å². The summed E-state index contributed by atoms with van der Waals surface area (Å²) in [7, 11) is 0. The fourth-order valence-electron chi connectivity index (χ4n) is 3.43. The lowest BCUT2D eigenvalue weighted by Gasteiger charge is -2.29. The second kappa shape index (κ2) is 8.32. The van der Waals surface area contributed by atoms with Crippen molar-refractivity contribution in [2.75, 3.05) is 38.0 Å². The van der Waals surface area contributed by atoms with Crippen molar-refractivity contribution >= 4 is 34.5 Å². The molecule has 0 unspecified atom stereocenters. The van der Waals surface area contributed by atoms with Gasteiger partial charge in [0.05, 0.1) is 9.21 Å². The van der Waals surface area contributed by atoms with E-state index in [2.05, 4.69) is 11.4 Å². The average molecular weight is 380 g/mol. The molecule has 1 aliphatic rings. The summed E-state index contributed by atoms with van der Waals surface area (Å²) < 4.78 is 0.863. The molecule has 1 aromatic carbocycles. The van der Waals surface area contributed by atoms with Crippen molar-refractivity contribution < 1.29 is 14.6 Å². The average Bonchev–Trinajstić information content (AvgIpc) is 2.98. The lowest BCUT2D eigenvalue weighted by atomic mass is 10.1. The van der Waals surface area contributed by atoms with Crippen LogP contribution in [0.2, 0.25) is 4.34 Å². The van der Waals surface area contributed by atoms with Crippen LogP contribution in [0.15, 0.2) is 30.3 Å². The highest BCUT2D eigenvalue weighted by atomic mass is 35.5. The number of halogens is 1. The predicted octanol–water partition coefficient (Wildman–Crippen LogP) is 0.940. The molecule has 1 fully saturated rings. The lowest BCUT2D eigenvalue weighted by Crippen LogP contribution is -3.28. The first kappa shape index (κ1) is 18.4. The first-order valence-corrected chi connectivity index (χ1v) is 9.98. The lowest BCUT2D eigenvalue weighted by molar-refractivity contribution is -1.01. The van der Waals surface area contributed by atoms with E-state index in [0.717, 1.165) is 53.9 Å². The van der Waals surface area contributed by atoms with E-state index < -0.39 is 0 Å². The summed E-state index contributed by atoms with van der Waals surface area (Å²) in [5, 5.41) is 3.10. The Bertz CT molecular complexity index is 718. The molecule has 25 heavy (non-hydrogen) atoms. The van der Waals surface area contributed by atoms with E-state index in [0.29, 0.717) is 6.54 Å². The predicted molar refractivity (Wildman–Crippen MR) is 104 cm³/mol. The monoisotopic (exact) mass is 379 g/mol. The van der Waals surface area contributed by atoms with Crippen LogP contribution in [0, 0.1) is 13.8 Å². The molecule has 2 aromatic rings. The van der Waals surface area contributed by atoms with Gasteiger partial charge < -0.3 is 15.1 Å². The van der Waals surface area contributed by atoms with Gasteiger partial charge in [0.2, 0.25) is 0 Å². The van der Waals surface area contributed by atoms with Crippen molar-refractivity contribution in [3.05, 3.63) is 50.7 Å². The zero-order valence-corrected chi connectivity index (χ0v) is 16.4. The van der Waals surface area contributed by atoms with Gasteiger partial charge in [0.15, 0.2) is 6.54 Å². The Kier molecular flexibility index (Phi) is 6.12. The normalized spacial score (nSPS) is 20.4. The number of thiophene rings is 1. The van der Waals surface area contributed by atoms with Crippen molar-refractivity contribution in [3.8, 4) is 0 Å². The number of amides is 1. The minimum atomic E-state index is 0.112. The summed E-state index contributed by atoms with van der Waals surface area (Å²) in [6.45, 7) is 9.93. The Balaban J connectivity index is 1.46. The Morgan fingerprint density at radius 2 is 1.72 bits per heavy atom. The summed E-state index contributed by atoms with van der Waals surface area (Å²) in [5.74, 6) is 0.112. The summed E-state index contributed by atoms with van der Waals surface area (Å²) in [6.07, 6.45) is 0. The maximum atomic E-state index is 12.4. The number of aryl methyl sites for hydroxylation is 2. The van der Waals surface area contributed by atoms with E-state index >= 15 is 0 Å². The Morgan fingerprint density at radius 1 is 1.08 bits per heavy atom. The number of hydrogen-bond donors (Lipinski definition) is 3. The number of piperazine rings is 1. The number of para-hydroxylation sites is 1. The van der Waals surface area contributed by atoms with Gasteiger partial charge in [0.25, 0.3) is 5.91 Å². The van der Waals surface area contributed by atoms with E-state index in [4.69, 9.17) is 11.6 Å². The molecule has 0 bridgehead atoms. The van der Waals surface area contributed by atoms with Gasteiger partial charge in [-0.25, -0.2) is 0 Å². The zero-order chi connectivity index (χ0) is 17.8. The van der Waals surface area contributed by atoms with Crippen LogP contribution in [-0.4, -0.2) is 38.6 Å². The summed E-state index contributed by atoms with van der Waals surface area (Å²) in [5.41, 5.74) is 3.20. The van der Waals surface area contributed by atoms with Gasteiger partial charge in [-0.2, -0.15) is 0 Å². The summed E-state index contributed by atoms with van der Waals surface area (Å²) in [4.78, 5) is 16.7. The molecule has 6 heteroatoms. The quantitative estimate of drug-likeness (QED) is 0.710. The highest BCUT2D eigenvalue weighted by Crippen LogP contribution is 2.20. The van der Waals surface area contributed by atoms with Gasteiger partial charge in [-0.05, 0) is 37.1 Å². The number of benzene rings is 1. The minimum absolute atomic E-state index is 0.112. The SMILES string of the molecule is Cc1cccc(C)c1NC(=O)C[NH+]1CC[NH+](Cc2ccc(Cl)s2)CC1. The van der Waals surface area contributed by atoms with Crippen LogP contribution >= 0.6 is 22.9 Å². The third-order valence-corrected chi connectivity index (χ3v) is 6.10. The van der Waals surface area contributed by atoms with Crippen LogP contribution in [-0.2, 0) is 11.3 Å². The van der Waals surface area contributed by atoms with E-state index in [1.807, 2.05) is 38.1 Å². The molecule has 3 N–H and O–H groups in total. The van der Waals surface area contributed by atoms with Crippen LogP contribution < -0.4 is 15.1 Å². The highest BCUT2D eigenvalue weighted by Gasteiger charge is 2.25. The van der Waals surface area contributed by atoms with Crippen molar-refractivity contribution in [2.24, 2.45) is 0 Å². The third kappa shape index (κ3) is 5.05. The Morgan fingerprint density at radius 3 is 2.32 bits per heavy atom. The van der Waals surface area contributed by atoms with Crippen molar-refractivity contribution in [1.82, 2.24) is 0 Å². The van der Waals surface area contributed by atoms with Gasteiger partial charge in [-0.3, -0.25) is 4.79 Å². The molecule has 134 valence electrons. The number of carbonyl (C=O) groups is 1. The number of hydrogen-bond acceptors (Lipinski definition) is 2. The van der Waals surface area contributed by atoms with Crippen LogP contribution in [0.5, 0.6) is 0 Å². The number of carbonyl (C=O) groups excluding carboxylic acids is 1. The molecule has 0 aliphatic carbocycles. The van der Waals surface area contributed by atoms with Crippen LogP contribution in [0.25, 0.3) is 0 Å². The van der Waals surface area contributed by atoms with Crippen LogP contribution in [0.3, 0.4) is 0 Å². The third-order valence-electron chi connectivity index (χ3n) is 4.87. The van der Waals surface area contributed by atoms with Crippen LogP contribution in [0.4, 0.5) is 5.69 Å². The van der Waals surface area contributed by atoms with E-state index in [9.17, 15) is 4.79 Å². The van der Waals surface area contributed by atoms with E-state index in [1.165, 1.54) is 9.78 Å². The maximum absolute atomic E-state index is 12.4. The second-order valence-corrected chi connectivity index (χ2v) is 8.67. The van der Waals surface area contributed by atoms with Crippen molar-refractivity contribution in [3.63, 3.8) is 0 Å². The van der Waals surface area contributed by atoms with E-state index in [1.54, 1.807) is 16.2 Å². The summed E-state index contributed by atoms with van der Waals surface area (Å²) in [6, 6.07) is 10.2. The Hall–Kier alpha value is -1.40. The fourth-order valence-corrected chi connectivity index (χ4v) is 4.59. The standard InChI is InChI=1S/C19H24ClN3OS/c1-14-4-3-5-15(2)19(14)21-18(24)13-23-10-8-22(9-11-23)12-16-6-7-17(20)25-16/h3-7H,8-13H2,1-2H3,(H,21,24)/p+2. The smallest absolute Gasteiger partial charge is 0.279 e. The van der Waals surface area contributed by atoms with Crippen molar-refractivity contribution in [1.29, 1.82) is 0 Å². The molecule has 0 radical (unpaired) electrons. The zero-order valence-electron chi connectivity index (χ0n) is 14.8. The molecule has 4 nitrogen and oxygen atoms in total. The van der Waals surface area contributed by atoms with Crippen LogP contribution in [0.1, 0.15) is 16.0 Å². The minimum Gasteiger partial charge on any atom is -0.321 e. The molecule has 3 rings (SSSR count). The maximum Gasteiger partial charge on any atom is 0.279 e. The van der Waals surface area contributed by atoms with Gasteiger partial charge in [-0.1, -0.05) is 29.8 Å². The number of nitrogens with one attached hydrogen (secondary N) is 3. The number of quaternary nitrogens is 2. The molecule has 2 heterocycles. The van der Waals surface area contributed by atoms with E-state index in [-0.39, 0.29) is 5.91 Å². The largest absolute Gasteiger partial charge is 0.321 e. The topological polar surface area (TPSA) is 38.0 Å². The highest BCUT2D eigenvalue weighted by molar-refractivity contribution is 7.16. The van der Waals surface area contributed by atoms with Gasteiger partial charge >= 0.3 is 0 Å². The molecule has 1 aromatic heterocycles. The molecular weight excluding hydrogens is 354 g/mol. The molecule has 1 aliphatic heterocycles. The molecule has 0 saturated carbocycles. The molecule has 0 spiro atoms. The molecule has 1 saturated heterocycles. The number of rotatable bonds is 5. The first-order chi connectivity index (χ1) is 12.0. The van der Waals surface area contributed by atoms with Gasteiger partial charge in [-0.15, -0.1) is 11.3 Å².